The standard InChI is InChI=1S/C25H34FN3O2/c1-31-23(30)11-3-10-22-19-7-5-13-28-12-4-6-17(25(19)28)15-29(22)16-18-14-27-21-9-2-8-20(26)24(18)21/h2,8-9,14,17,19,22,25,27H,3-7,10-13,15-16H2,1H3/t17-,19-,22-,25+/m1/s1. The number of fused-ring (bicyclic) bond motifs is 1. The van der Waals surface area contributed by atoms with Gasteiger partial charge in [0.15, 0.2) is 0 Å². The highest BCUT2D eigenvalue weighted by molar-refractivity contribution is 5.83. The number of nitrogens with zero attached hydrogens (tertiary/aromatic N) is 2. The highest BCUT2D eigenvalue weighted by atomic mass is 19.1. The van der Waals surface area contributed by atoms with Gasteiger partial charge in [0, 0.05) is 48.7 Å². The van der Waals surface area contributed by atoms with Gasteiger partial charge >= 0.3 is 5.97 Å². The topological polar surface area (TPSA) is 48.6 Å². The number of aromatic amines is 1. The summed E-state index contributed by atoms with van der Waals surface area (Å²) in [6, 6.07) is 6.38. The Labute approximate surface area is 183 Å². The molecule has 2 aromatic rings. The van der Waals surface area contributed by atoms with Crippen molar-refractivity contribution in [2.24, 2.45) is 11.8 Å². The van der Waals surface area contributed by atoms with Gasteiger partial charge in [0.25, 0.3) is 0 Å². The van der Waals surface area contributed by atoms with Gasteiger partial charge in [-0.1, -0.05) is 6.07 Å². The van der Waals surface area contributed by atoms with E-state index in [9.17, 15) is 9.18 Å². The second-order valence-corrected chi connectivity index (χ2v) is 9.68. The van der Waals surface area contributed by atoms with Crippen LogP contribution in [0.5, 0.6) is 0 Å². The van der Waals surface area contributed by atoms with Gasteiger partial charge in [0.2, 0.25) is 0 Å². The predicted molar refractivity (Wildman–Crippen MR) is 119 cm³/mol. The molecule has 4 atom stereocenters. The number of benzene rings is 1. The van der Waals surface area contributed by atoms with Crippen LogP contribution in [0.15, 0.2) is 24.4 Å². The average Bonchev–Trinajstić information content (AvgIpc) is 3.20. The Kier molecular flexibility index (Phi) is 6.02. The highest BCUT2D eigenvalue weighted by Crippen LogP contribution is 2.44. The summed E-state index contributed by atoms with van der Waals surface area (Å²) in [6.45, 7) is 4.31. The van der Waals surface area contributed by atoms with Crippen LogP contribution >= 0.6 is 0 Å². The van der Waals surface area contributed by atoms with Gasteiger partial charge in [0.1, 0.15) is 5.82 Å². The number of nitrogens with one attached hydrogen (secondary N) is 1. The summed E-state index contributed by atoms with van der Waals surface area (Å²) < 4.78 is 19.5. The maximum absolute atomic E-state index is 14.6. The molecular formula is C25H34FN3O2. The van der Waals surface area contributed by atoms with Gasteiger partial charge in [0.05, 0.1) is 7.11 Å². The molecule has 0 radical (unpaired) electrons. The maximum atomic E-state index is 14.6. The third-order valence-electron chi connectivity index (χ3n) is 8.00. The molecule has 3 fully saturated rings. The number of piperidine rings is 3. The van der Waals surface area contributed by atoms with E-state index in [1.54, 1.807) is 12.1 Å². The first kappa shape index (κ1) is 21.0. The molecule has 3 aliphatic heterocycles. The molecule has 1 aromatic carbocycles. The predicted octanol–water partition coefficient (Wildman–Crippen LogP) is 4.33. The molecule has 5 rings (SSSR count). The summed E-state index contributed by atoms with van der Waals surface area (Å²) in [6.07, 6.45) is 9.43. The lowest BCUT2D eigenvalue weighted by Gasteiger charge is -2.57. The highest BCUT2D eigenvalue weighted by Gasteiger charge is 2.48. The first-order chi connectivity index (χ1) is 15.2. The van der Waals surface area contributed by atoms with Crippen molar-refractivity contribution in [1.29, 1.82) is 0 Å². The lowest BCUT2D eigenvalue weighted by molar-refractivity contribution is -0.141. The molecule has 0 saturated carbocycles. The number of rotatable bonds is 6. The zero-order valence-corrected chi connectivity index (χ0v) is 18.5. The number of hydrogen-bond donors (Lipinski definition) is 1. The molecule has 6 heteroatoms. The molecule has 0 aliphatic carbocycles. The molecule has 0 amide bonds. The fourth-order valence-electron chi connectivity index (χ4n) is 6.77. The molecule has 1 aromatic heterocycles. The first-order valence-corrected chi connectivity index (χ1v) is 11.9. The number of carbonyl (C=O) groups excluding carboxylic acids is 1. The van der Waals surface area contributed by atoms with Crippen LogP contribution in [0.1, 0.15) is 50.5 Å². The van der Waals surface area contributed by atoms with E-state index in [4.69, 9.17) is 4.74 Å². The first-order valence-electron chi connectivity index (χ1n) is 11.9. The SMILES string of the molecule is COC(=O)CCC[C@@H]1[C@H]2CCCN3CCC[C@H](CN1Cc1c[nH]c4cccc(F)c14)[C@@H]23. The fraction of sp³-hybridized carbons (Fsp3) is 0.640. The number of carbonyl (C=O) groups is 1. The number of ether oxygens (including phenoxy) is 1. The minimum atomic E-state index is -0.146. The number of H-pyrrole nitrogens is 1. The quantitative estimate of drug-likeness (QED) is 0.698. The number of esters is 1. The summed E-state index contributed by atoms with van der Waals surface area (Å²) in [5.74, 6) is 1.07. The molecule has 3 aliphatic rings. The van der Waals surface area contributed by atoms with E-state index in [2.05, 4.69) is 14.8 Å². The monoisotopic (exact) mass is 427 g/mol. The molecule has 4 heterocycles. The van der Waals surface area contributed by atoms with Crippen molar-refractivity contribution < 1.29 is 13.9 Å². The number of hydrogen-bond acceptors (Lipinski definition) is 4. The zero-order chi connectivity index (χ0) is 21.4. The van der Waals surface area contributed by atoms with Gasteiger partial charge < -0.3 is 9.72 Å². The van der Waals surface area contributed by atoms with Crippen LogP contribution in [-0.2, 0) is 16.1 Å². The molecule has 3 saturated heterocycles. The van der Waals surface area contributed by atoms with E-state index >= 15 is 0 Å². The van der Waals surface area contributed by atoms with Crippen molar-refractivity contribution in [1.82, 2.24) is 14.8 Å². The Morgan fingerprint density at radius 1 is 1.26 bits per heavy atom. The number of aromatic nitrogens is 1. The van der Waals surface area contributed by atoms with Crippen LogP contribution in [0, 0.1) is 17.7 Å². The Morgan fingerprint density at radius 2 is 2.10 bits per heavy atom. The van der Waals surface area contributed by atoms with E-state index < -0.39 is 0 Å². The lowest BCUT2D eigenvalue weighted by atomic mass is 9.69. The minimum absolute atomic E-state index is 0.123. The second kappa shape index (κ2) is 8.91. The van der Waals surface area contributed by atoms with E-state index in [1.165, 1.54) is 45.9 Å². The van der Waals surface area contributed by atoms with E-state index in [-0.39, 0.29) is 11.8 Å². The molecule has 0 unspecified atom stereocenters. The lowest BCUT2D eigenvalue weighted by Crippen LogP contribution is -2.64. The summed E-state index contributed by atoms with van der Waals surface area (Å²) in [5, 5.41) is 0.729. The fourth-order valence-corrected chi connectivity index (χ4v) is 6.77. The van der Waals surface area contributed by atoms with Crippen molar-refractivity contribution >= 4 is 16.9 Å². The Balaban J connectivity index is 1.42. The average molecular weight is 428 g/mol. The number of halogens is 1. The zero-order valence-electron chi connectivity index (χ0n) is 18.5. The number of likely N-dealkylation sites (tertiary alicyclic amines) is 1. The van der Waals surface area contributed by atoms with Crippen LogP contribution in [0.3, 0.4) is 0 Å². The third kappa shape index (κ3) is 4.00. The summed E-state index contributed by atoms with van der Waals surface area (Å²) >= 11 is 0. The van der Waals surface area contributed by atoms with Gasteiger partial charge in [-0.3, -0.25) is 14.6 Å². The van der Waals surface area contributed by atoms with Crippen LogP contribution in [0.4, 0.5) is 4.39 Å². The van der Waals surface area contributed by atoms with Crippen molar-refractivity contribution in [3.63, 3.8) is 0 Å². The smallest absolute Gasteiger partial charge is 0.305 e. The third-order valence-corrected chi connectivity index (χ3v) is 8.00. The summed E-state index contributed by atoms with van der Waals surface area (Å²) in [5.41, 5.74) is 1.92. The molecule has 31 heavy (non-hydrogen) atoms. The van der Waals surface area contributed by atoms with Crippen molar-refractivity contribution in [3.05, 3.63) is 35.8 Å². The van der Waals surface area contributed by atoms with Crippen molar-refractivity contribution in [3.8, 4) is 0 Å². The molecule has 5 nitrogen and oxygen atoms in total. The van der Waals surface area contributed by atoms with E-state index in [0.29, 0.717) is 30.3 Å². The van der Waals surface area contributed by atoms with Crippen LogP contribution in [0.2, 0.25) is 0 Å². The molecule has 1 N–H and O–H groups in total. The van der Waals surface area contributed by atoms with Gasteiger partial charge in [-0.15, -0.1) is 0 Å². The largest absolute Gasteiger partial charge is 0.469 e. The Bertz CT molecular complexity index is 927. The molecule has 0 spiro atoms. The Hall–Kier alpha value is -1.92. The van der Waals surface area contributed by atoms with E-state index in [1.807, 2.05) is 12.3 Å². The van der Waals surface area contributed by atoms with Crippen LogP contribution in [0.25, 0.3) is 10.9 Å². The Morgan fingerprint density at radius 3 is 2.94 bits per heavy atom. The van der Waals surface area contributed by atoms with Gasteiger partial charge in [-0.05, 0) is 81.1 Å². The summed E-state index contributed by atoms with van der Waals surface area (Å²) in [4.78, 5) is 20.4. The molecule has 0 bridgehead atoms. The number of methoxy groups -OCH3 is 1. The van der Waals surface area contributed by atoms with Gasteiger partial charge in [-0.2, -0.15) is 0 Å². The van der Waals surface area contributed by atoms with Crippen molar-refractivity contribution in [2.75, 3.05) is 26.7 Å². The maximum Gasteiger partial charge on any atom is 0.305 e. The van der Waals surface area contributed by atoms with Crippen LogP contribution < -0.4 is 0 Å². The van der Waals surface area contributed by atoms with Crippen molar-refractivity contribution in [2.45, 2.75) is 63.6 Å². The minimum Gasteiger partial charge on any atom is -0.469 e. The molecular weight excluding hydrogens is 393 g/mol. The van der Waals surface area contributed by atoms with Crippen LogP contribution in [-0.4, -0.2) is 59.6 Å². The van der Waals surface area contributed by atoms with E-state index in [0.717, 1.165) is 42.4 Å². The summed E-state index contributed by atoms with van der Waals surface area (Å²) in [7, 11) is 1.46. The second-order valence-electron chi connectivity index (χ2n) is 9.68. The normalized spacial score (nSPS) is 29.1. The van der Waals surface area contributed by atoms with Gasteiger partial charge in [-0.25, -0.2) is 4.39 Å². The molecule has 168 valence electrons.